The molecule has 1 aliphatic carbocycles. The van der Waals surface area contributed by atoms with Gasteiger partial charge >= 0.3 is 0 Å². The maximum absolute atomic E-state index is 12.4. The molecular weight excluding hydrogens is 330 g/mol. The van der Waals surface area contributed by atoms with Crippen LogP contribution in [0.5, 0.6) is 5.75 Å². The number of aryl methyl sites for hydroxylation is 1. The van der Waals surface area contributed by atoms with Crippen molar-refractivity contribution in [3.63, 3.8) is 0 Å². The highest BCUT2D eigenvalue weighted by atomic mass is 79.9. The molecule has 21 heavy (non-hydrogen) atoms. The lowest BCUT2D eigenvalue weighted by atomic mass is 10.1. The molecule has 1 amide bonds. The van der Waals surface area contributed by atoms with E-state index < -0.39 is 0 Å². The molecule has 2 N–H and O–H groups in total. The van der Waals surface area contributed by atoms with Gasteiger partial charge in [-0.25, -0.2) is 0 Å². The number of phenolic OH excluding ortho intramolecular Hbond substituents is 1. The first-order chi connectivity index (χ1) is 10.1. The minimum Gasteiger partial charge on any atom is -0.507 e. The van der Waals surface area contributed by atoms with E-state index in [1.807, 2.05) is 31.2 Å². The predicted octanol–water partition coefficient (Wildman–Crippen LogP) is 3.49. The maximum Gasteiger partial charge on any atom is 0.255 e. The van der Waals surface area contributed by atoms with Crippen molar-refractivity contribution in [3.8, 4) is 5.75 Å². The number of hydrogen-bond acceptors (Lipinski definition) is 2. The molecule has 0 radical (unpaired) electrons. The molecule has 3 nitrogen and oxygen atoms in total. The van der Waals surface area contributed by atoms with Gasteiger partial charge in [-0.3, -0.25) is 4.79 Å². The maximum atomic E-state index is 12.4. The van der Waals surface area contributed by atoms with Gasteiger partial charge in [0.05, 0.1) is 11.6 Å². The molecule has 3 rings (SSSR count). The molecular formula is C17H16BrNO2. The molecule has 2 aromatic carbocycles. The molecule has 0 spiro atoms. The summed E-state index contributed by atoms with van der Waals surface area (Å²) >= 11 is 3.64. The Hall–Kier alpha value is -1.81. The third-order valence-electron chi connectivity index (χ3n) is 3.85. The van der Waals surface area contributed by atoms with Crippen LogP contribution in [0.3, 0.4) is 0 Å². The fraction of sp³-hybridized carbons (Fsp3) is 0.235. The summed E-state index contributed by atoms with van der Waals surface area (Å²) in [4.78, 5) is 12.6. The number of alkyl halides is 1. The second-order valence-electron chi connectivity index (χ2n) is 5.39. The van der Waals surface area contributed by atoms with Gasteiger partial charge in [0.1, 0.15) is 5.75 Å². The van der Waals surface area contributed by atoms with E-state index in [2.05, 4.69) is 27.3 Å². The van der Waals surface area contributed by atoms with Gasteiger partial charge < -0.3 is 10.4 Å². The van der Waals surface area contributed by atoms with Crippen molar-refractivity contribution in [2.45, 2.75) is 24.2 Å². The molecule has 0 bridgehead atoms. The van der Waals surface area contributed by atoms with E-state index in [0.717, 1.165) is 17.5 Å². The monoisotopic (exact) mass is 345 g/mol. The van der Waals surface area contributed by atoms with Crippen LogP contribution in [0.15, 0.2) is 42.5 Å². The van der Waals surface area contributed by atoms with Gasteiger partial charge in [0.25, 0.3) is 5.91 Å². The summed E-state index contributed by atoms with van der Waals surface area (Å²) in [6, 6.07) is 13.1. The van der Waals surface area contributed by atoms with Crippen molar-refractivity contribution in [2.75, 3.05) is 0 Å². The van der Waals surface area contributed by atoms with E-state index in [4.69, 9.17) is 0 Å². The van der Waals surface area contributed by atoms with Gasteiger partial charge in [-0.15, -0.1) is 0 Å². The molecule has 0 saturated heterocycles. The third-order valence-corrected chi connectivity index (χ3v) is 4.70. The van der Waals surface area contributed by atoms with Crippen LogP contribution in [0.25, 0.3) is 0 Å². The van der Waals surface area contributed by atoms with Crippen molar-refractivity contribution in [1.82, 2.24) is 5.32 Å². The fourth-order valence-corrected chi connectivity index (χ4v) is 3.53. The van der Waals surface area contributed by atoms with Gasteiger partial charge in [-0.1, -0.05) is 46.3 Å². The number of nitrogens with one attached hydrogen (secondary N) is 1. The van der Waals surface area contributed by atoms with Crippen LogP contribution >= 0.6 is 15.9 Å². The lowest BCUT2D eigenvalue weighted by Gasteiger charge is -2.18. The Morgan fingerprint density at radius 3 is 2.81 bits per heavy atom. The first kappa shape index (κ1) is 14.1. The van der Waals surface area contributed by atoms with Crippen molar-refractivity contribution in [3.05, 3.63) is 64.7 Å². The summed E-state index contributed by atoms with van der Waals surface area (Å²) in [7, 11) is 0. The highest BCUT2D eigenvalue weighted by molar-refractivity contribution is 9.09. The summed E-state index contributed by atoms with van der Waals surface area (Å²) < 4.78 is 0. The van der Waals surface area contributed by atoms with Crippen molar-refractivity contribution in [1.29, 1.82) is 0 Å². The Kier molecular flexibility index (Phi) is 3.72. The molecule has 0 saturated carbocycles. The largest absolute Gasteiger partial charge is 0.507 e. The van der Waals surface area contributed by atoms with Crippen LogP contribution in [0.1, 0.15) is 33.1 Å². The summed E-state index contributed by atoms with van der Waals surface area (Å²) in [6.07, 6.45) is 0.890. The summed E-state index contributed by atoms with van der Waals surface area (Å²) in [5.74, 6) is -0.233. The number of benzene rings is 2. The van der Waals surface area contributed by atoms with E-state index in [1.54, 1.807) is 12.1 Å². The lowest BCUT2D eigenvalue weighted by Crippen LogP contribution is -2.31. The SMILES string of the molecule is Cc1ccc(C(=O)NC2c3ccccc3CC2Br)c(O)c1. The molecule has 0 aliphatic heterocycles. The Morgan fingerprint density at radius 1 is 1.29 bits per heavy atom. The van der Waals surface area contributed by atoms with Gasteiger partial charge in [-0.2, -0.15) is 0 Å². The number of amides is 1. The molecule has 108 valence electrons. The fourth-order valence-electron chi connectivity index (χ4n) is 2.77. The van der Waals surface area contributed by atoms with Crippen LogP contribution in [0, 0.1) is 6.92 Å². The van der Waals surface area contributed by atoms with E-state index in [-0.39, 0.29) is 22.5 Å². The second-order valence-corrected chi connectivity index (χ2v) is 6.57. The molecule has 0 aromatic heterocycles. The van der Waals surface area contributed by atoms with Crippen LogP contribution in [-0.2, 0) is 6.42 Å². The van der Waals surface area contributed by atoms with Crippen LogP contribution in [-0.4, -0.2) is 15.8 Å². The number of phenols is 1. The van der Waals surface area contributed by atoms with E-state index in [9.17, 15) is 9.90 Å². The minimum absolute atomic E-state index is 0.0184. The molecule has 0 heterocycles. The zero-order valence-corrected chi connectivity index (χ0v) is 13.2. The van der Waals surface area contributed by atoms with Crippen molar-refractivity contribution < 1.29 is 9.90 Å². The molecule has 0 fully saturated rings. The Labute approximate surface area is 132 Å². The highest BCUT2D eigenvalue weighted by Crippen LogP contribution is 2.36. The molecule has 2 aromatic rings. The number of rotatable bonds is 2. The van der Waals surface area contributed by atoms with Crippen molar-refractivity contribution >= 4 is 21.8 Å². The number of carbonyl (C=O) groups excluding carboxylic acids is 1. The first-order valence-corrected chi connectivity index (χ1v) is 7.80. The number of halogens is 1. The topological polar surface area (TPSA) is 49.3 Å². The van der Waals surface area contributed by atoms with E-state index >= 15 is 0 Å². The zero-order chi connectivity index (χ0) is 15.0. The van der Waals surface area contributed by atoms with Gasteiger partial charge in [0.15, 0.2) is 0 Å². The van der Waals surface area contributed by atoms with Crippen LogP contribution in [0.2, 0.25) is 0 Å². The Morgan fingerprint density at radius 2 is 2.05 bits per heavy atom. The quantitative estimate of drug-likeness (QED) is 0.818. The highest BCUT2D eigenvalue weighted by Gasteiger charge is 2.32. The van der Waals surface area contributed by atoms with Gasteiger partial charge in [0, 0.05) is 4.83 Å². The lowest BCUT2D eigenvalue weighted by molar-refractivity contribution is 0.0935. The third kappa shape index (κ3) is 2.68. The van der Waals surface area contributed by atoms with Crippen LogP contribution < -0.4 is 5.32 Å². The molecule has 1 aliphatic rings. The predicted molar refractivity (Wildman–Crippen MR) is 85.9 cm³/mol. The Balaban J connectivity index is 1.85. The van der Waals surface area contributed by atoms with Crippen molar-refractivity contribution in [2.24, 2.45) is 0 Å². The van der Waals surface area contributed by atoms with E-state index in [1.165, 1.54) is 5.56 Å². The zero-order valence-electron chi connectivity index (χ0n) is 11.6. The normalized spacial score (nSPS) is 20.1. The van der Waals surface area contributed by atoms with Gasteiger partial charge in [-0.05, 0) is 42.2 Å². The summed E-state index contributed by atoms with van der Waals surface area (Å²) in [6.45, 7) is 1.88. The average molecular weight is 346 g/mol. The number of hydrogen-bond donors (Lipinski definition) is 2. The average Bonchev–Trinajstić information content (AvgIpc) is 2.75. The number of fused-ring (bicyclic) bond motifs is 1. The summed E-state index contributed by atoms with van der Waals surface area (Å²) in [5.41, 5.74) is 3.62. The second kappa shape index (κ2) is 5.53. The van der Waals surface area contributed by atoms with E-state index in [0.29, 0.717) is 5.56 Å². The number of aromatic hydroxyl groups is 1. The first-order valence-electron chi connectivity index (χ1n) is 6.88. The smallest absolute Gasteiger partial charge is 0.255 e. The standard InChI is InChI=1S/C17H16BrNO2/c1-10-6-7-13(15(20)8-10)17(21)19-16-12-5-3-2-4-11(12)9-14(16)18/h2-8,14,16,20H,9H2,1H3,(H,19,21). The van der Waals surface area contributed by atoms with Gasteiger partial charge in [0.2, 0.25) is 0 Å². The number of carbonyl (C=O) groups is 1. The Bertz CT molecular complexity index is 699. The molecule has 2 atom stereocenters. The minimum atomic E-state index is -0.251. The summed E-state index contributed by atoms with van der Waals surface area (Å²) in [5, 5.41) is 12.9. The molecule has 2 unspecified atom stereocenters. The van der Waals surface area contributed by atoms with Crippen LogP contribution in [0.4, 0.5) is 0 Å². The molecule has 4 heteroatoms.